The van der Waals surface area contributed by atoms with Gasteiger partial charge >= 0.3 is 0 Å². The summed E-state index contributed by atoms with van der Waals surface area (Å²) in [5.74, 6) is 0.468. The Labute approximate surface area is 163 Å². The zero-order chi connectivity index (χ0) is 20.3. The number of hydrogen-bond acceptors (Lipinski definition) is 5. The van der Waals surface area contributed by atoms with E-state index < -0.39 is 0 Å². The SMILES string of the molecule is CNC(=O)c1nn(CN(C)Cc2cc(C)ccc2OC)c(=O)c2ccccc12. The monoisotopic (exact) mass is 380 g/mol. The van der Waals surface area contributed by atoms with Crippen molar-refractivity contribution >= 4 is 16.7 Å². The predicted octanol–water partition coefficient (Wildman–Crippen LogP) is 2.16. The van der Waals surface area contributed by atoms with Crippen molar-refractivity contribution < 1.29 is 9.53 Å². The molecular formula is C21H24N4O3. The molecule has 28 heavy (non-hydrogen) atoms. The number of carbonyl (C=O) groups excluding carboxylic acids is 1. The number of nitrogens with zero attached hydrogens (tertiary/aromatic N) is 3. The summed E-state index contributed by atoms with van der Waals surface area (Å²) in [6.45, 7) is 2.83. The standard InChI is InChI=1S/C21H24N4O3/c1-14-9-10-18(28-4)15(11-14)12-24(3)13-25-21(27)17-8-6-5-7-16(17)19(23-25)20(26)22-2/h5-11H,12-13H2,1-4H3,(H,22,26). The third kappa shape index (κ3) is 3.89. The van der Waals surface area contributed by atoms with Crippen LogP contribution in [-0.2, 0) is 13.2 Å². The second kappa shape index (κ2) is 8.22. The predicted molar refractivity (Wildman–Crippen MR) is 109 cm³/mol. The van der Waals surface area contributed by atoms with Crippen LogP contribution in [0, 0.1) is 6.92 Å². The summed E-state index contributed by atoms with van der Waals surface area (Å²) in [6.07, 6.45) is 0. The van der Waals surface area contributed by atoms with Crippen molar-refractivity contribution in [1.82, 2.24) is 20.0 Å². The number of rotatable bonds is 6. The number of amides is 1. The van der Waals surface area contributed by atoms with Crippen LogP contribution in [0.25, 0.3) is 10.8 Å². The molecule has 7 heteroatoms. The molecule has 3 rings (SSSR count). The van der Waals surface area contributed by atoms with E-state index in [0.717, 1.165) is 16.9 Å². The van der Waals surface area contributed by atoms with Crippen LogP contribution in [0.5, 0.6) is 5.75 Å². The summed E-state index contributed by atoms with van der Waals surface area (Å²) in [5, 5.41) is 7.94. The van der Waals surface area contributed by atoms with E-state index in [2.05, 4.69) is 16.5 Å². The number of methoxy groups -OCH3 is 1. The Hall–Kier alpha value is -3.19. The van der Waals surface area contributed by atoms with Crippen LogP contribution in [0.4, 0.5) is 0 Å². The van der Waals surface area contributed by atoms with E-state index in [-0.39, 0.29) is 23.8 Å². The van der Waals surface area contributed by atoms with E-state index in [1.54, 1.807) is 38.4 Å². The minimum atomic E-state index is -0.326. The first-order valence-corrected chi connectivity index (χ1v) is 8.98. The van der Waals surface area contributed by atoms with Gasteiger partial charge in [0.25, 0.3) is 11.5 Å². The molecule has 1 aromatic heterocycles. The van der Waals surface area contributed by atoms with Crippen molar-refractivity contribution in [3.63, 3.8) is 0 Å². The van der Waals surface area contributed by atoms with Gasteiger partial charge < -0.3 is 10.1 Å². The Morgan fingerprint density at radius 2 is 1.93 bits per heavy atom. The zero-order valence-electron chi connectivity index (χ0n) is 16.5. The smallest absolute Gasteiger partial charge is 0.275 e. The minimum Gasteiger partial charge on any atom is -0.496 e. The lowest BCUT2D eigenvalue weighted by molar-refractivity contribution is 0.0956. The van der Waals surface area contributed by atoms with E-state index in [9.17, 15) is 9.59 Å². The highest BCUT2D eigenvalue weighted by atomic mass is 16.5. The van der Waals surface area contributed by atoms with Gasteiger partial charge in [0.2, 0.25) is 0 Å². The maximum atomic E-state index is 12.9. The molecule has 7 nitrogen and oxygen atoms in total. The largest absolute Gasteiger partial charge is 0.496 e. The lowest BCUT2D eigenvalue weighted by Gasteiger charge is -2.20. The van der Waals surface area contributed by atoms with Crippen molar-refractivity contribution in [2.24, 2.45) is 0 Å². The highest BCUT2D eigenvalue weighted by Crippen LogP contribution is 2.21. The summed E-state index contributed by atoms with van der Waals surface area (Å²) < 4.78 is 6.76. The molecule has 0 unspecified atom stereocenters. The summed E-state index contributed by atoms with van der Waals surface area (Å²) in [4.78, 5) is 27.1. The summed E-state index contributed by atoms with van der Waals surface area (Å²) in [6, 6.07) is 13.0. The zero-order valence-corrected chi connectivity index (χ0v) is 16.5. The fourth-order valence-corrected chi connectivity index (χ4v) is 3.22. The van der Waals surface area contributed by atoms with Gasteiger partial charge in [-0.05, 0) is 26.1 Å². The number of fused-ring (bicyclic) bond motifs is 1. The molecule has 1 N–H and O–H groups in total. The van der Waals surface area contributed by atoms with Gasteiger partial charge in [-0.15, -0.1) is 0 Å². The first-order chi connectivity index (χ1) is 13.4. The molecule has 0 saturated carbocycles. The van der Waals surface area contributed by atoms with Gasteiger partial charge in [0.15, 0.2) is 5.69 Å². The van der Waals surface area contributed by atoms with Crippen molar-refractivity contribution in [2.45, 2.75) is 20.1 Å². The maximum absolute atomic E-state index is 12.9. The second-order valence-electron chi connectivity index (χ2n) is 6.75. The molecule has 2 aromatic carbocycles. The quantitative estimate of drug-likeness (QED) is 0.709. The van der Waals surface area contributed by atoms with Crippen molar-refractivity contribution in [1.29, 1.82) is 0 Å². The molecule has 0 aliphatic carbocycles. The number of aryl methyl sites for hydroxylation is 1. The molecule has 3 aromatic rings. The topological polar surface area (TPSA) is 76.5 Å². The molecule has 0 radical (unpaired) electrons. The molecular weight excluding hydrogens is 356 g/mol. The molecule has 0 aliphatic heterocycles. The Balaban J connectivity index is 1.96. The van der Waals surface area contributed by atoms with Crippen LogP contribution in [0.2, 0.25) is 0 Å². The van der Waals surface area contributed by atoms with Crippen LogP contribution < -0.4 is 15.6 Å². The molecule has 0 fully saturated rings. The van der Waals surface area contributed by atoms with Gasteiger partial charge in [-0.25, -0.2) is 4.68 Å². The first-order valence-electron chi connectivity index (χ1n) is 8.98. The number of hydrogen-bond donors (Lipinski definition) is 1. The van der Waals surface area contributed by atoms with E-state index in [4.69, 9.17) is 4.74 Å². The molecule has 0 spiro atoms. The average molecular weight is 380 g/mol. The van der Waals surface area contributed by atoms with Crippen LogP contribution in [-0.4, -0.2) is 41.8 Å². The van der Waals surface area contributed by atoms with E-state index in [1.807, 2.05) is 31.0 Å². The van der Waals surface area contributed by atoms with Gasteiger partial charge in [0.1, 0.15) is 5.75 Å². The van der Waals surface area contributed by atoms with Crippen LogP contribution in [0.3, 0.4) is 0 Å². The third-order valence-electron chi connectivity index (χ3n) is 4.56. The lowest BCUT2D eigenvalue weighted by atomic mass is 10.1. The van der Waals surface area contributed by atoms with Crippen LogP contribution in [0.1, 0.15) is 21.6 Å². The molecule has 1 amide bonds. The van der Waals surface area contributed by atoms with Crippen LogP contribution >= 0.6 is 0 Å². The Kier molecular flexibility index (Phi) is 5.75. The van der Waals surface area contributed by atoms with E-state index in [0.29, 0.717) is 17.3 Å². The Morgan fingerprint density at radius 1 is 1.21 bits per heavy atom. The fraction of sp³-hybridized carbons (Fsp3) is 0.286. The van der Waals surface area contributed by atoms with Gasteiger partial charge in [-0.2, -0.15) is 5.10 Å². The van der Waals surface area contributed by atoms with Gasteiger partial charge in [0, 0.05) is 24.5 Å². The Bertz CT molecular complexity index is 1070. The van der Waals surface area contributed by atoms with Gasteiger partial charge in [-0.3, -0.25) is 14.5 Å². The van der Waals surface area contributed by atoms with Crippen molar-refractivity contribution in [2.75, 3.05) is 21.2 Å². The first kappa shape index (κ1) is 19.6. The highest BCUT2D eigenvalue weighted by molar-refractivity contribution is 6.04. The normalized spacial score (nSPS) is 11.0. The lowest BCUT2D eigenvalue weighted by Crippen LogP contribution is -2.34. The molecule has 0 bridgehead atoms. The number of ether oxygens (including phenoxy) is 1. The minimum absolute atomic E-state index is 0.230. The summed E-state index contributed by atoms with van der Waals surface area (Å²) in [5.41, 5.74) is 2.16. The fourth-order valence-electron chi connectivity index (χ4n) is 3.22. The average Bonchev–Trinajstić information content (AvgIpc) is 2.69. The third-order valence-corrected chi connectivity index (χ3v) is 4.56. The molecule has 0 aliphatic rings. The number of nitrogens with one attached hydrogen (secondary N) is 1. The number of aromatic nitrogens is 2. The Morgan fingerprint density at radius 3 is 2.61 bits per heavy atom. The van der Waals surface area contributed by atoms with E-state index >= 15 is 0 Å². The van der Waals surface area contributed by atoms with Crippen molar-refractivity contribution in [3.8, 4) is 5.75 Å². The molecule has 146 valence electrons. The second-order valence-corrected chi connectivity index (χ2v) is 6.75. The highest BCUT2D eigenvalue weighted by Gasteiger charge is 2.16. The summed E-state index contributed by atoms with van der Waals surface area (Å²) in [7, 11) is 5.08. The van der Waals surface area contributed by atoms with Crippen LogP contribution in [0.15, 0.2) is 47.3 Å². The number of carbonyl (C=O) groups is 1. The van der Waals surface area contributed by atoms with Gasteiger partial charge in [0.05, 0.1) is 19.2 Å². The molecule has 0 atom stereocenters. The van der Waals surface area contributed by atoms with Gasteiger partial charge in [-0.1, -0.05) is 35.9 Å². The molecule has 1 heterocycles. The number of benzene rings is 2. The van der Waals surface area contributed by atoms with E-state index in [1.165, 1.54) is 4.68 Å². The van der Waals surface area contributed by atoms with Crippen molar-refractivity contribution in [3.05, 3.63) is 69.6 Å². The summed E-state index contributed by atoms with van der Waals surface area (Å²) >= 11 is 0. The molecule has 0 saturated heterocycles. The maximum Gasteiger partial charge on any atom is 0.275 e.